The molecule has 1 heterocycles. The monoisotopic (exact) mass is 285 g/mol. The van der Waals surface area contributed by atoms with Crippen LogP contribution in [0.4, 0.5) is 4.39 Å². The van der Waals surface area contributed by atoms with Gasteiger partial charge in [0.2, 0.25) is 0 Å². The lowest BCUT2D eigenvalue weighted by atomic mass is 10.0. The van der Waals surface area contributed by atoms with E-state index in [4.69, 9.17) is 23.2 Å². The number of halogens is 3. The lowest BCUT2D eigenvalue weighted by molar-refractivity contribution is 0.177. The van der Waals surface area contributed by atoms with Crippen molar-refractivity contribution in [2.45, 2.75) is 12.5 Å². The first-order valence-electron chi connectivity index (χ1n) is 5.28. The minimum atomic E-state index is -0.828. The second kappa shape index (κ2) is 5.65. The lowest BCUT2D eigenvalue weighted by Crippen LogP contribution is -2.03. The molecule has 0 spiro atoms. The zero-order valence-electron chi connectivity index (χ0n) is 9.28. The fourth-order valence-corrected chi connectivity index (χ4v) is 1.94. The maximum absolute atomic E-state index is 13.0. The van der Waals surface area contributed by atoms with Crippen molar-refractivity contribution in [2.75, 3.05) is 0 Å². The van der Waals surface area contributed by atoms with Gasteiger partial charge in [0, 0.05) is 18.2 Å². The third kappa shape index (κ3) is 3.19. The van der Waals surface area contributed by atoms with E-state index < -0.39 is 11.9 Å². The number of aromatic nitrogens is 1. The molecule has 0 bridgehead atoms. The Morgan fingerprint density at radius 3 is 2.61 bits per heavy atom. The van der Waals surface area contributed by atoms with Gasteiger partial charge in [0.05, 0.1) is 22.3 Å². The molecule has 0 aliphatic carbocycles. The summed E-state index contributed by atoms with van der Waals surface area (Å²) >= 11 is 11.7. The number of hydrogen-bond acceptors (Lipinski definition) is 2. The van der Waals surface area contributed by atoms with E-state index in [0.717, 1.165) is 11.8 Å². The van der Waals surface area contributed by atoms with Crippen LogP contribution in [0.3, 0.4) is 0 Å². The van der Waals surface area contributed by atoms with Crippen molar-refractivity contribution in [3.05, 3.63) is 63.6 Å². The molecule has 0 amide bonds. The topological polar surface area (TPSA) is 33.1 Å². The number of nitrogens with zero attached hydrogens (tertiary/aromatic N) is 1. The van der Waals surface area contributed by atoms with Crippen LogP contribution in [-0.2, 0) is 6.42 Å². The van der Waals surface area contributed by atoms with Crippen LogP contribution in [0.2, 0.25) is 10.0 Å². The highest BCUT2D eigenvalue weighted by Gasteiger charge is 2.11. The fraction of sp³-hybridized carbons (Fsp3) is 0.154. The van der Waals surface area contributed by atoms with Gasteiger partial charge in [-0.3, -0.25) is 4.98 Å². The summed E-state index contributed by atoms with van der Waals surface area (Å²) in [5.74, 6) is -0.472. The zero-order chi connectivity index (χ0) is 13.1. The van der Waals surface area contributed by atoms with E-state index in [2.05, 4.69) is 4.98 Å². The van der Waals surface area contributed by atoms with Gasteiger partial charge >= 0.3 is 0 Å². The Balaban J connectivity index is 2.16. The van der Waals surface area contributed by atoms with Crippen LogP contribution in [0.1, 0.15) is 17.2 Å². The normalized spacial score (nSPS) is 12.4. The molecule has 1 N–H and O–H groups in total. The number of aliphatic hydroxyl groups is 1. The molecule has 0 aliphatic rings. The van der Waals surface area contributed by atoms with Gasteiger partial charge in [-0.05, 0) is 23.8 Å². The van der Waals surface area contributed by atoms with Gasteiger partial charge in [-0.15, -0.1) is 0 Å². The van der Waals surface area contributed by atoms with Crippen LogP contribution < -0.4 is 0 Å². The maximum Gasteiger partial charge on any atom is 0.141 e. The molecule has 5 heteroatoms. The summed E-state index contributed by atoms with van der Waals surface area (Å²) < 4.78 is 13.0. The minimum absolute atomic E-state index is 0.321. The van der Waals surface area contributed by atoms with Crippen molar-refractivity contribution in [1.82, 2.24) is 4.98 Å². The quantitative estimate of drug-likeness (QED) is 0.930. The molecule has 18 heavy (non-hydrogen) atoms. The van der Waals surface area contributed by atoms with Gasteiger partial charge in [-0.25, -0.2) is 4.39 Å². The summed E-state index contributed by atoms with van der Waals surface area (Å²) in [6, 6.07) is 6.37. The number of aliphatic hydroxyl groups excluding tert-OH is 1. The number of hydrogen-bond donors (Lipinski definition) is 1. The Labute approximate surface area is 114 Å². The predicted octanol–water partition coefficient (Wildman–Crippen LogP) is 3.80. The number of benzene rings is 1. The molecule has 1 unspecified atom stereocenters. The van der Waals surface area contributed by atoms with Gasteiger partial charge in [0.1, 0.15) is 5.82 Å². The Hall–Kier alpha value is -1.16. The second-order valence-electron chi connectivity index (χ2n) is 3.90. The Morgan fingerprint density at radius 2 is 1.94 bits per heavy atom. The fourth-order valence-electron chi connectivity index (χ4n) is 1.62. The van der Waals surface area contributed by atoms with E-state index in [-0.39, 0.29) is 0 Å². The largest absolute Gasteiger partial charge is 0.388 e. The van der Waals surface area contributed by atoms with E-state index >= 15 is 0 Å². The Morgan fingerprint density at radius 1 is 1.17 bits per heavy atom. The smallest absolute Gasteiger partial charge is 0.141 e. The van der Waals surface area contributed by atoms with E-state index in [9.17, 15) is 9.50 Å². The van der Waals surface area contributed by atoms with Gasteiger partial charge in [-0.1, -0.05) is 29.3 Å². The highest BCUT2D eigenvalue weighted by Crippen LogP contribution is 2.25. The van der Waals surface area contributed by atoms with E-state index in [1.807, 2.05) is 0 Å². The van der Waals surface area contributed by atoms with Crippen molar-refractivity contribution >= 4 is 23.2 Å². The molecule has 0 radical (unpaired) electrons. The average molecular weight is 286 g/mol. The molecule has 0 fully saturated rings. The first-order chi connectivity index (χ1) is 8.56. The molecule has 1 aromatic heterocycles. The zero-order valence-corrected chi connectivity index (χ0v) is 10.8. The summed E-state index contributed by atoms with van der Waals surface area (Å²) in [6.45, 7) is 0. The van der Waals surface area contributed by atoms with Crippen molar-refractivity contribution in [3.8, 4) is 0 Å². The van der Waals surface area contributed by atoms with Gasteiger partial charge < -0.3 is 5.11 Å². The van der Waals surface area contributed by atoms with Crippen molar-refractivity contribution in [2.24, 2.45) is 0 Å². The molecule has 1 aromatic carbocycles. The first kappa shape index (κ1) is 13.3. The highest BCUT2D eigenvalue weighted by molar-refractivity contribution is 6.42. The van der Waals surface area contributed by atoms with E-state index in [1.165, 1.54) is 12.3 Å². The molecule has 1 atom stereocenters. The summed E-state index contributed by atoms with van der Waals surface area (Å²) in [5.41, 5.74) is 1.25. The second-order valence-corrected chi connectivity index (χ2v) is 4.72. The molecular formula is C13H10Cl2FNO. The Bertz CT molecular complexity index is 562. The summed E-state index contributed by atoms with van der Waals surface area (Å²) in [6.07, 6.45) is 2.02. The van der Waals surface area contributed by atoms with Crippen molar-refractivity contribution in [3.63, 3.8) is 0 Å². The lowest BCUT2D eigenvalue weighted by Gasteiger charge is -2.11. The standard InChI is InChI=1S/C13H10Cl2FNO/c14-11-2-1-8(3-12(11)15)4-13(18)9-5-10(16)7-17-6-9/h1-3,5-7,13,18H,4H2. The van der Waals surface area contributed by atoms with Gasteiger partial charge in [0.25, 0.3) is 0 Å². The molecule has 0 aliphatic heterocycles. The van der Waals surface area contributed by atoms with Crippen LogP contribution >= 0.6 is 23.2 Å². The van der Waals surface area contributed by atoms with Crippen molar-refractivity contribution in [1.29, 1.82) is 0 Å². The van der Waals surface area contributed by atoms with Crippen LogP contribution in [0.25, 0.3) is 0 Å². The van der Waals surface area contributed by atoms with Crippen LogP contribution in [-0.4, -0.2) is 10.1 Å². The highest BCUT2D eigenvalue weighted by atomic mass is 35.5. The van der Waals surface area contributed by atoms with E-state index in [0.29, 0.717) is 22.0 Å². The van der Waals surface area contributed by atoms with Crippen LogP contribution in [0.5, 0.6) is 0 Å². The number of pyridine rings is 1. The molecule has 2 aromatic rings. The third-order valence-electron chi connectivity index (χ3n) is 2.52. The predicted molar refractivity (Wildman–Crippen MR) is 69.3 cm³/mol. The number of rotatable bonds is 3. The summed E-state index contributed by atoms with van der Waals surface area (Å²) in [5, 5.41) is 10.9. The average Bonchev–Trinajstić information content (AvgIpc) is 2.34. The SMILES string of the molecule is OC(Cc1ccc(Cl)c(Cl)c1)c1cncc(F)c1. The summed E-state index contributed by atoms with van der Waals surface area (Å²) in [4.78, 5) is 3.70. The molecular weight excluding hydrogens is 276 g/mol. The van der Waals surface area contributed by atoms with Gasteiger partial charge in [-0.2, -0.15) is 0 Å². The third-order valence-corrected chi connectivity index (χ3v) is 3.26. The molecule has 2 nitrogen and oxygen atoms in total. The maximum atomic E-state index is 13.0. The Kier molecular flexibility index (Phi) is 4.17. The van der Waals surface area contributed by atoms with Crippen LogP contribution in [0, 0.1) is 5.82 Å². The van der Waals surface area contributed by atoms with E-state index in [1.54, 1.807) is 18.2 Å². The van der Waals surface area contributed by atoms with Crippen molar-refractivity contribution < 1.29 is 9.50 Å². The van der Waals surface area contributed by atoms with Crippen LogP contribution in [0.15, 0.2) is 36.7 Å². The summed E-state index contributed by atoms with van der Waals surface area (Å²) in [7, 11) is 0. The van der Waals surface area contributed by atoms with Gasteiger partial charge in [0.15, 0.2) is 0 Å². The minimum Gasteiger partial charge on any atom is -0.388 e. The first-order valence-corrected chi connectivity index (χ1v) is 6.04. The molecule has 0 saturated heterocycles. The molecule has 0 saturated carbocycles. The molecule has 2 rings (SSSR count). The molecule has 94 valence electrons.